The number of aryl methyl sites for hydroxylation is 1. The normalized spacial score (nSPS) is 11.7. The highest BCUT2D eigenvalue weighted by Gasteiger charge is 2.23. The van der Waals surface area contributed by atoms with E-state index in [4.69, 9.17) is 24.9 Å². The van der Waals surface area contributed by atoms with Gasteiger partial charge in [0.15, 0.2) is 23.3 Å². The molecule has 0 spiro atoms. The van der Waals surface area contributed by atoms with Gasteiger partial charge >= 0.3 is 0 Å². The Labute approximate surface area is 444 Å². The Bertz CT molecular complexity index is 3870. The van der Waals surface area contributed by atoms with Crippen molar-refractivity contribution in [3.05, 3.63) is 198 Å². The maximum Gasteiger partial charge on any atom is 0.166 e. The van der Waals surface area contributed by atoms with Crippen molar-refractivity contribution in [3.63, 3.8) is 0 Å². The fourth-order valence-electron chi connectivity index (χ4n) is 9.37. The van der Waals surface area contributed by atoms with Gasteiger partial charge in [-0.15, -0.1) is 11.3 Å². The molecule has 0 radical (unpaired) electrons. The first-order valence-electron chi connectivity index (χ1n) is 22.9. The van der Waals surface area contributed by atoms with Crippen LogP contribution >= 0.6 is 79.1 Å². The summed E-state index contributed by atoms with van der Waals surface area (Å²) in [6.07, 6.45) is 3.22. The third kappa shape index (κ3) is 8.52. The highest BCUT2D eigenvalue weighted by atomic mass is 127. The number of nitrogens with zero attached hydrogens (tertiary/aromatic N) is 6. The third-order valence-electron chi connectivity index (χ3n) is 12.6. The summed E-state index contributed by atoms with van der Waals surface area (Å²) in [4.78, 5) is 26.7. The van der Waals surface area contributed by atoms with E-state index in [9.17, 15) is 0 Å². The fraction of sp³-hybridized carbons (Fsp3) is 0.0678. The van der Waals surface area contributed by atoms with Crippen molar-refractivity contribution in [1.82, 2.24) is 29.5 Å². The van der Waals surface area contributed by atoms with E-state index in [0.29, 0.717) is 23.3 Å². The monoisotopic (exact) mass is 1240 g/mol. The van der Waals surface area contributed by atoms with Crippen LogP contribution in [0.25, 0.3) is 116 Å². The quantitative estimate of drug-likeness (QED) is 0.128. The van der Waals surface area contributed by atoms with Crippen molar-refractivity contribution in [2.24, 2.45) is 0 Å². The standard InChI is InChI=1S/C59H39I3N6S/c1-2-3-14-35-27-39(29-41(60)28-35)57-65-58(40-30-42(61)33-43(62)31-40)67-59(66-57)47-32-38(49-34-48(36-15-6-4-7-16-36)63-56(64-49)37-17-8-5-9-18-37)23-25-51(47)68-50-21-12-10-20-46(50)54-52(68)26-24-45-44-19-11-13-22-53(44)69-55(45)54/h4-13,15-34H,2-3,14H2,1H3. The largest absolute Gasteiger partial charge is 0.308 e. The van der Waals surface area contributed by atoms with Crippen LogP contribution in [0.2, 0.25) is 0 Å². The van der Waals surface area contributed by atoms with Crippen LogP contribution in [0.3, 0.4) is 0 Å². The minimum atomic E-state index is 0.573. The first-order valence-corrected chi connectivity index (χ1v) is 26.9. The molecule has 8 aromatic carbocycles. The van der Waals surface area contributed by atoms with Crippen molar-refractivity contribution in [3.8, 4) is 73.8 Å². The average molecular weight is 1240 g/mol. The molecule has 6 nitrogen and oxygen atoms in total. The molecular weight excluding hydrogens is 1210 g/mol. The molecule has 0 bridgehead atoms. The molecule has 4 heterocycles. The Morgan fingerprint density at radius 2 is 1.06 bits per heavy atom. The second-order valence-electron chi connectivity index (χ2n) is 17.1. The molecule has 0 aliphatic rings. The first kappa shape index (κ1) is 44.3. The molecule has 332 valence electrons. The Kier molecular flexibility index (Phi) is 12.0. The van der Waals surface area contributed by atoms with Gasteiger partial charge < -0.3 is 4.57 Å². The van der Waals surface area contributed by atoms with Crippen molar-refractivity contribution < 1.29 is 0 Å². The number of para-hydroxylation sites is 1. The second-order valence-corrected chi connectivity index (χ2v) is 21.9. The minimum Gasteiger partial charge on any atom is -0.308 e. The summed E-state index contributed by atoms with van der Waals surface area (Å²) in [5, 5.41) is 4.97. The van der Waals surface area contributed by atoms with Gasteiger partial charge in [-0.05, 0) is 159 Å². The fourth-order valence-corrected chi connectivity index (χ4v) is 13.3. The van der Waals surface area contributed by atoms with E-state index in [1.54, 1.807) is 0 Å². The Hall–Kier alpha value is -5.94. The van der Waals surface area contributed by atoms with E-state index >= 15 is 0 Å². The van der Waals surface area contributed by atoms with Crippen LogP contribution in [-0.4, -0.2) is 29.5 Å². The number of halogens is 3. The molecule has 0 amide bonds. The number of aromatic nitrogens is 6. The molecule has 12 aromatic rings. The highest BCUT2D eigenvalue weighted by Crippen LogP contribution is 2.45. The highest BCUT2D eigenvalue weighted by molar-refractivity contribution is 14.1. The van der Waals surface area contributed by atoms with Gasteiger partial charge in [-0.1, -0.05) is 123 Å². The number of benzene rings is 8. The molecule has 69 heavy (non-hydrogen) atoms. The molecule has 4 aromatic heterocycles. The van der Waals surface area contributed by atoms with E-state index < -0.39 is 0 Å². The first-order chi connectivity index (χ1) is 33.8. The average Bonchev–Trinajstić information content (AvgIpc) is 3.93. The van der Waals surface area contributed by atoms with Crippen LogP contribution in [-0.2, 0) is 6.42 Å². The maximum absolute atomic E-state index is 5.51. The SMILES string of the molecule is CCCCc1cc(I)cc(-c2nc(-c3cc(I)cc(I)c3)nc(-c3cc(-c4cc(-c5ccccc5)nc(-c5ccccc5)n4)ccc3-n3c4ccccc4c4c5sc6ccccc6c5ccc43)n2)c1. The predicted octanol–water partition coefficient (Wildman–Crippen LogP) is 17.3. The van der Waals surface area contributed by atoms with Gasteiger partial charge in [0.2, 0.25) is 0 Å². The van der Waals surface area contributed by atoms with E-state index in [2.05, 4.69) is 237 Å². The Morgan fingerprint density at radius 1 is 0.449 bits per heavy atom. The zero-order valence-electron chi connectivity index (χ0n) is 37.2. The maximum atomic E-state index is 5.51. The smallest absolute Gasteiger partial charge is 0.166 e. The summed E-state index contributed by atoms with van der Waals surface area (Å²) in [6, 6.07) is 64.6. The summed E-state index contributed by atoms with van der Waals surface area (Å²) >= 11 is 9.07. The van der Waals surface area contributed by atoms with E-state index in [1.165, 1.54) is 36.5 Å². The van der Waals surface area contributed by atoms with Gasteiger partial charge in [0.25, 0.3) is 0 Å². The number of hydrogen-bond donors (Lipinski definition) is 0. The molecule has 0 N–H and O–H groups in total. The number of fused-ring (bicyclic) bond motifs is 7. The van der Waals surface area contributed by atoms with Crippen LogP contribution in [0.1, 0.15) is 25.3 Å². The number of thiophene rings is 1. The van der Waals surface area contributed by atoms with Crippen LogP contribution in [0.15, 0.2) is 182 Å². The summed E-state index contributed by atoms with van der Waals surface area (Å²) in [6.45, 7) is 2.24. The van der Waals surface area contributed by atoms with Crippen LogP contribution < -0.4 is 0 Å². The van der Waals surface area contributed by atoms with Crippen LogP contribution in [0.4, 0.5) is 0 Å². The topological polar surface area (TPSA) is 69.4 Å². The Morgan fingerprint density at radius 3 is 1.80 bits per heavy atom. The number of unbranched alkanes of at least 4 members (excludes halogenated alkanes) is 1. The van der Waals surface area contributed by atoms with E-state index in [-0.39, 0.29) is 0 Å². The Balaban J connectivity index is 1.17. The molecule has 12 rings (SSSR count). The molecule has 0 aliphatic carbocycles. The molecular formula is C59H39I3N6S. The zero-order chi connectivity index (χ0) is 46.6. The molecule has 0 saturated heterocycles. The molecule has 0 atom stereocenters. The van der Waals surface area contributed by atoms with Gasteiger partial charge in [0.1, 0.15) is 0 Å². The molecule has 0 aliphatic heterocycles. The molecule has 0 unspecified atom stereocenters. The van der Waals surface area contributed by atoms with Crippen molar-refractivity contribution >= 4 is 121 Å². The minimum absolute atomic E-state index is 0.573. The summed E-state index contributed by atoms with van der Waals surface area (Å²) in [5.41, 5.74) is 11.7. The third-order valence-corrected chi connectivity index (χ3v) is 15.6. The number of hydrogen-bond acceptors (Lipinski definition) is 6. The van der Waals surface area contributed by atoms with Gasteiger partial charge in [-0.2, -0.15) is 0 Å². The van der Waals surface area contributed by atoms with Crippen molar-refractivity contribution in [2.45, 2.75) is 26.2 Å². The number of rotatable bonds is 10. The van der Waals surface area contributed by atoms with Gasteiger partial charge in [0.05, 0.1) is 28.1 Å². The molecule has 0 saturated carbocycles. The lowest BCUT2D eigenvalue weighted by Gasteiger charge is -2.17. The van der Waals surface area contributed by atoms with E-state index in [1.807, 2.05) is 35.6 Å². The van der Waals surface area contributed by atoms with Crippen LogP contribution in [0, 0.1) is 10.7 Å². The van der Waals surface area contributed by atoms with Gasteiger partial charge in [-0.3, -0.25) is 0 Å². The van der Waals surface area contributed by atoms with Crippen molar-refractivity contribution in [1.29, 1.82) is 0 Å². The summed E-state index contributed by atoms with van der Waals surface area (Å²) in [5.74, 6) is 2.48. The van der Waals surface area contributed by atoms with E-state index in [0.717, 1.165) is 91.5 Å². The zero-order valence-corrected chi connectivity index (χ0v) is 44.5. The van der Waals surface area contributed by atoms with Gasteiger partial charge in [0, 0.05) is 75.0 Å². The summed E-state index contributed by atoms with van der Waals surface area (Å²) in [7, 11) is 0. The van der Waals surface area contributed by atoms with Gasteiger partial charge in [-0.25, -0.2) is 24.9 Å². The van der Waals surface area contributed by atoms with Crippen molar-refractivity contribution in [2.75, 3.05) is 0 Å². The lowest BCUT2D eigenvalue weighted by molar-refractivity contribution is 0.795. The lowest BCUT2D eigenvalue weighted by atomic mass is 10.0. The predicted molar refractivity (Wildman–Crippen MR) is 312 cm³/mol. The second kappa shape index (κ2) is 18.8. The van der Waals surface area contributed by atoms with Crippen LogP contribution in [0.5, 0.6) is 0 Å². The molecule has 10 heteroatoms. The molecule has 0 fully saturated rings. The summed E-state index contributed by atoms with van der Waals surface area (Å²) < 4.78 is 8.34. The lowest BCUT2D eigenvalue weighted by Crippen LogP contribution is -2.05.